The summed E-state index contributed by atoms with van der Waals surface area (Å²) in [6, 6.07) is 11.7. The Bertz CT molecular complexity index is 1290. The molecule has 8 heteroatoms. The molecule has 0 aliphatic carbocycles. The number of imidazole rings is 1. The summed E-state index contributed by atoms with van der Waals surface area (Å²) in [4.78, 5) is 5.40. The van der Waals surface area contributed by atoms with Crippen LogP contribution in [0, 0.1) is 12.7 Å². The normalized spacial score (nSPS) is 11.4. The molecule has 146 valence electrons. The Morgan fingerprint density at radius 2 is 2.00 bits per heavy atom. The van der Waals surface area contributed by atoms with Crippen LogP contribution < -0.4 is 9.47 Å². The van der Waals surface area contributed by atoms with Crippen LogP contribution in [0.4, 0.5) is 4.39 Å². The van der Waals surface area contributed by atoms with Gasteiger partial charge in [-0.3, -0.25) is 0 Å². The highest BCUT2D eigenvalue weighted by Crippen LogP contribution is 2.37. The Morgan fingerprint density at radius 3 is 2.76 bits per heavy atom. The largest absolute Gasteiger partial charge is 0.496 e. The number of ether oxygens (including phenoxy) is 2. The number of halogens is 1. The van der Waals surface area contributed by atoms with Gasteiger partial charge in [-0.1, -0.05) is 23.5 Å². The lowest BCUT2D eigenvalue weighted by Gasteiger charge is -2.09. The number of hydrogen-bond acceptors (Lipinski definition) is 6. The lowest BCUT2D eigenvalue weighted by molar-refractivity contribution is 0.307. The third-order valence-electron chi connectivity index (χ3n) is 4.51. The lowest BCUT2D eigenvalue weighted by atomic mass is 10.2. The number of furan rings is 1. The van der Waals surface area contributed by atoms with Gasteiger partial charge >= 0.3 is 0 Å². The van der Waals surface area contributed by atoms with Crippen molar-refractivity contribution in [3.8, 4) is 23.0 Å². The van der Waals surface area contributed by atoms with Crippen molar-refractivity contribution in [2.45, 2.75) is 13.5 Å². The van der Waals surface area contributed by atoms with Gasteiger partial charge in [0.05, 0.1) is 18.7 Å². The molecule has 0 atom stereocenters. The predicted octanol–water partition coefficient (Wildman–Crippen LogP) is 5.24. The number of benzene rings is 2. The van der Waals surface area contributed by atoms with Crippen LogP contribution in [-0.2, 0) is 6.61 Å². The first-order valence-corrected chi connectivity index (χ1v) is 9.73. The first kappa shape index (κ1) is 17.7. The molecule has 0 fully saturated rings. The molecule has 0 spiro atoms. The summed E-state index contributed by atoms with van der Waals surface area (Å²) in [6.45, 7) is 2.24. The third kappa shape index (κ3) is 3.31. The Labute approximate surface area is 169 Å². The summed E-state index contributed by atoms with van der Waals surface area (Å²) in [6.07, 6.45) is 1.84. The standard InChI is InChI=1S/C21H16FN3O3S/c1-12-24-25-10-17(23-21(25)29-12)20-9-16-18(7-15(26-2)8-19(16)28-20)27-11-13-3-5-14(22)6-4-13/h3-10H,11H2,1-2H3. The Kier molecular flexibility index (Phi) is 4.21. The average Bonchev–Trinajstić information content (AvgIpc) is 3.39. The first-order chi connectivity index (χ1) is 14.1. The van der Waals surface area contributed by atoms with Crippen molar-refractivity contribution in [1.29, 1.82) is 0 Å². The topological polar surface area (TPSA) is 61.8 Å². The monoisotopic (exact) mass is 409 g/mol. The maximum absolute atomic E-state index is 13.1. The number of aromatic nitrogens is 3. The summed E-state index contributed by atoms with van der Waals surface area (Å²) >= 11 is 1.52. The van der Waals surface area contributed by atoms with Crippen molar-refractivity contribution in [3.05, 3.63) is 65.0 Å². The second-order valence-corrected chi connectivity index (χ2v) is 7.70. The van der Waals surface area contributed by atoms with E-state index in [1.54, 1.807) is 23.8 Å². The highest BCUT2D eigenvalue weighted by Gasteiger charge is 2.16. The maximum Gasteiger partial charge on any atom is 0.212 e. The lowest BCUT2D eigenvalue weighted by Crippen LogP contribution is -1.96. The van der Waals surface area contributed by atoms with Crippen LogP contribution >= 0.6 is 11.3 Å². The zero-order valence-corrected chi connectivity index (χ0v) is 16.5. The van der Waals surface area contributed by atoms with Gasteiger partial charge in [0.25, 0.3) is 0 Å². The van der Waals surface area contributed by atoms with Crippen LogP contribution in [0.5, 0.6) is 11.5 Å². The van der Waals surface area contributed by atoms with Gasteiger partial charge < -0.3 is 13.9 Å². The molecule has 2 aromatic carbocycles. The van der Waals surface area contributed by atoms with Gasteiger partial charge in [0.2, 0.25) is 4.96 Å². The summed E-state index contributed by atoms with van der Waals surface area (Å²) in [5, 5.41) is 6.14. The Balaban J connectivity index is 1.52. The Morgan fingerprint density at radius 1 is 1.17 bits per heavy atom. The fourth-order valence-corrected chi connectivity index (χ4v) is 3.83. The van der Waals surface area contributed by atoms with Gasteiger partial charge in [0, 0.05) is 12.1 Å². The summed E-state index contributed by atoms with van der Waals surface area (Å²) in [5.74, 6) is 1.58. The highest BCUT2D eigenvalue weighted by molar-refractivity contribution is 7.16. The fourth-order valence-electron chi connectivity index (χ4n) is 3.11. The van der Waals surface area contributed by atoms with Gasteiger partial charge in [-0.15, -0.1) is 0 Å². The number of rotatable bonds is 5. The third-order valence-corrected chi connectivity index (χ3v) is 5.35. The zero-order chi connectivity index (χ0) is 20.0. The predicted molar refractivity (Wildman–Crippen MR) is 108 cm³/mol. The second-order valence-electron chi connectivity index (χ2n) is 6.54. The van der Waals surface area contributed by atoms with Crippen LogP contribution in [-0.4, -0.2) is 21.7 Å². The molecule has 3 heterocycles. The van der Waals surface area contributed by atoms with Crippen molar-refractivity contribution >= 4 is 27.3 Å². The Hall–Kier alpha value is -3.39. The minimum atomic E-state index is -0.276. The number of methoxy groups -OCH3 is 1. The van der Waals surface area contributed by atoms with Crippen LogP contribution in [0.2, 0.25) is 0 Å². The average molecular weight is 409 g/mol. The molecular weight excluding hydrogens is 393 g/mol. The van der Waals surface area contributed by atoms with Crippen molar-refractivity contribution < 1.29 is 18.3 Å². The van der Waals surface area contributed by atoms with Crippen molar-refractivity contribution in [1.82, 2.24) is 14.6 Å². The van der Waals surface area contributed by atoms with Crippen molar-refractivity contribution in [2.75, 3.05) is 7.11 Å². The van der Waals surface area contributed by atoms with E-state index in [9.17, 15) is 4.39 Å². The molecule has 3 aromatic heterocycles. The number of aryl methyl sites for hydroxylation is 1. The van der Waals surface area contributed by atoms with Gasteiger partial charge in [-0.25, -0.2) is 13.9 Å². The quantitative estimate of drug-likeness (QED) is 0.397. The van der Waals surface area contributed by atoms with E-state index >= 15 is 0 Å². The van der Waals surface area contributed by atoms with E-state index < -0.39 is 0 Å². The molecule has 29 heavy (non-hydrogen) atoms. The number of fused-ring (bicyclic) bond motifs is 2. The molecule has 5 aromatic rings. The molecule has 0 aliphatic rings. The van der Waals surface area contributed by atoms with E-state index in [0.29, 0.717) is 35.1 Å². The van der Waals surface area contributed by atoms with E-state index in [4.69, 9.17) is 13.9 Å². The first-order valence-electron chi connectivity index (χ1n) is 8.91. The molecular formula is C21H16FN3O3S. The van der Waals surface area contributed by atoms with Crippen molar-refractivity contribution in [2.24, 2.45) is 0 Å². The van der Waals surface area contributed by atoms with Crippen LogP contribution in [0.1, 0.15) is 10.6 Å². The summed E-state index contributed by atoms with van der Waals surface area (Å²) < 4.78 is 32.3. The van der Waals surface area contributed by atoms with Gasteiger partial charge in [-0.05, 0) is 30.7 Å². The summed E-state index contributed by atoms with van der Waals surface area (Å²) in [5.41, 5.74) is 2.19. The van der Waals surface area contributed by atoms with Crippen LogP contribution in [0.25, 0.3) is 27.4 Å². The van der Waals surface area contributed by atoms with E-state index in [1.807, 2.05) is 31.3 Å². The number of hydrogen-bond donors (Lipinski definition) is 0. The second kappa shape index (κ2) is 6.89. The smallest absolute Gasteiger partial charge is 0.212 e. The minimum absolute atomic E-state index is 0.276. The van der Waals surface area contributed by atoms with E-state index in [0.717, 1.165) is 20.9 Å². The molecule has 0 unspecified atom stereocenters. The van der Waals surface area contributed by atoms with E-state index in [1.165, 1.54) is 23.5 Å². The van der Waals surface area contributed by atoms with Crippen LogP contribution in [0.15, 0.2) is 53.1 Å². The molecule has 6 nitrogen and oxygen atoms in total. The molecule has 0 aliphatic heterocycles. The zero-order valence-electron chi connectivity index (χ0n) is 15.7. The highest BCUT2D eigenvalue weighted by atomic mass is 32.1. The van der Waals surface area contributed by atoms with Gasteiger partial charge in [-0.2, -0.15) is 5.10 Å². The van der Waals surface area contributed by atoms with Crippen molar-refractivity contribution in [3.63, 3.8) is 0 Å². The number of nitrogens with zero attached hydrogens (tertiary/aromatic N) is 3. The van der Waals surface area contributed by atoms with Crippen LogP contribution in [0.3, 0.4) is 0 Å². The maximum atomic E-state index is 13.1. The molecule has 5 rings (SSSR count). The molecule has 0 radical (unpaired) electrons. The molecule has 0 bridgehead atoms. The van der Waals surface area contributed by atoms with Gasteiger partial charge in [0.15, 0.2) is 5.76 Å². The molecule has 0 saturated carbocycles. The van der Waals surface area contributed by atoms with Gasteiger partial charge in [0.1, 0.15) is 40.2 Å². The minimum Gasteiger partial charge on any atom is -0.496 e. The van der Waals surface area contributed by atoms with E-state index in [2.05, 4.69) is 10.1 Å². The molecule has 0 N–H and O–H groups in total. The van der Waals surface area contributed by atoms with E-state index in [-0.39, 0.29) is 5.82 Å². The summed E-state index contributed by atoms with van der Waals surface area (Å²) in [7, 11) is 1.59. The SMILES string of the molecule is COc1cc(OCc2ccc(F)cc2)c2cc(-c3cn4nc(C)sc4n3)oc2c1. The fraction of sp³-hybridized carbons (Fsp3) is 0.143. The molecule has 0 saturated heterocycles. The molecule has 0 amide bonds.